The number of halogens is 2. The lowest BCUT2D eigenvalue weighted by molar-refractivity contribution is 0.867. The summed E-state index contributed by atoms with van der Waals surface area (Å²) in [6, 6.07) is 5.34. The number of rotatable bonds is 3. The maximum Gasteiger partial charge on any atom is 0.278 e. The van der Waals surface area contributed by atoms with E-state index in [-0.39, 0.29) is 5.56 Å². The summed E-state index contributed by atoms with van der Waals surface area (Å²) in [5, 5.41) is 3.73. The van der Waals surface area contributed by atoms with Crippen LogP contribution in [0.1, 0.15) is 16.8 Å². The highest BCUT2D eigenvalue weighted by atomic mass is 35.5. The Morgan fingerprint density at radius 2 is 2.04 bits per heavy atom. The molecule has 0 aliphatic heterocycles. The van der Waals surface area contributed by atoms with Gasteiger partial charge in [-0.3, -0.25) is 9.89 Å². The highest BCUT2D eigenvalue weighted by molar-refractivity contribution is 6.42. The predicted octanol–water partition coefficient (Wildman–Crippen LogP) is 3.27. The van der Waals surface area contributed by atoms with Crippen molar-refractivity contribution in [2.45, 2.75) is 6.42 Å². The first kappa shape index (κ1) is 14.2. The van der Waals surface area contributed by atoms with E-state index >= 15 is 0 Å². The number of hydrogen-bond acceptors (Lipinski definition) is 3. The molecule has 0 amide bonds. The zero-order valence-corrected chi connectivity index (χ0v) is 13.3. The van der Waals surface area contributed by atoms with Crippen LogP contribution in [0.4, 0.5) is 0 Å². The van der Waals surface area contributed by atoms with Crippen molar-refractivity contribution in [3.8, 4) is 0 Å². The Balaban J connectivity index is 1.88. The quantitative estimate of drug-likeness (QED) is 0.793. The van der Waals surface area contributed by atoms with Gasteiger partial charge in [0.25, 0.3) is 11.3 Å². The lowest BCUT2D eigenvalue weighted by Crippen LogP contribution is -2.23. The second-order valence-corrected chi connectivity index (χ2v) is 5.99. The van der Waals surface area contributed by atoms with Gasteiger partial charge in [-0.05, 0) is 17.7 Å². The van der Waals surface area contributed by atoms with Gasteiger partial charge in [0.15, 0.2) is 0 Å². The second kappa shape index (κ2) is 5.37. The first-order valence-electron chi connectivity index (χ1n) is 6.91. The number of nitrogens with one attached hydrogen (secondary N) is 1. The summed E-state index contributed by atoms with van der Waals surface area (Å²) in [6.07, 6.45) is 7.60. The Bertz CT molecular complexity index is 1050. The zero-order chi connectivity index (χ0) is 16.0. The molecule has 0 bridgehead atoms. The van der Waals surface area contributed by atoms with Crippen LogP contribution < -0.4 is 5.56 Å². The third-order valence-corrected chi connectivity index (χ3v) is 4.45. The molecule has 0 fully saturated rings. The molecule has 0 radical (unpaired) electrons. The van der Waals surface area contributed by atoms with Gasteiger partial charge in [-0.25, -0.2) is 9.97 Å². The van der Waals surface area contributed by atoms with Crippen LogP contribution in [0.5, 0.6) is 0 Å². The van der Waals surface area contributed by atoms with Gasteiger partial charge in [0.2, 0.25) is 0 Å². The van der Waals surface area contributed by atoms with Gasteiger partial charge in [0.05, 0.1) is 21.3 Å². The number of aromatic nitrogens is 4. The molecule has 5 nitrogen and oxygen atoms in total. The minimum absolute atomic E-state index is 0.172. The molecule has 0 atom stereocenters. The van der Waals surface area contributed by atoms with Crippen LogP contribution in [0, 0.1) is 0 Å². The molecule has 0 saturated carbocycles. The van der Waals surface area contributed by atoms with Gasteiger partial charge in [-0.15, -0.1) is 0 Å². The summed E-state index contributed by atoms with van der Waals surface area (Å²) in [4.78, 5) is 21.3. The molecular formula is C16H10Cl2N4O. The summed E-state index contributed by atoms with van der Waals surface area (Å²) in [5.41, 5.74) is 2.87. The minimum atomic E-state index is -0.172. The van der Waals surface area contributed by atoms with E-state index in [0.29, 0.717) is 33.5 Å². The van der Waals surface area contributed by atoms with Crippen LogP contribution >= 0.6 is 23.2 Å². The van der Waals surface area contributed by atoms with Crippen LogP contribution in [0.25, 0.3) is 11.4 Å². The Morgan fingerprint density at radius 1 is 1.22 bits per heavy atom. The van der Waals surface area contributed by atoms with Crippen molar-refractivity contribution >= 4 is 34.6 Å². The predicted molar refractivity (Wildman–Crippen MR) is 90.0 cm³/mol. The normalized spacial score (nSPS) is 13.2. The molecule has 2 heterocycles. The Hall–Kier alpha value is -2.37. The fraction of sp³-hybridized carbons (Fsp3) is 0.0625. The van der Waals surface area contributed by atoms with Crippen molar-refractivity contribution in [2.24, 2.45) is 0 Å². The average molecular weight is 345 g/mol. The molecular weight excluding hydrogens is 335 g/mol. The van der Waals surface area contributed by atoms with E-state index in [4.69, 9.17) is 23.2 Å². The van der Waals surface area contributed by atoms with Gasteiger partial charge in [0.1, 0.15) is 6.33 Å². The molecule has 0 spiro atoms. The summed E-state index contributed by atoms with van der Waals surface area (Å²) >= 11 is 12.0. The first-order valence-corrected chi connectivity index (χ1v) is 7.67. The van der Waals surface area contributed by atoms with E-state index in [0.717, 1.165) is 11.1 Å². The Labute approximate surface area is 140 Å². The molecule has 1 N–H and O–H groups in total. The van der Waals surface area contributed by atoms with Crippen LogP contribution in [-0.4, -0.2) is 19.6 Å². The molecule has 4 rings (SSSR count). The highest BCUT2D eigenvalue weighted by Gasteiger charge is 2.18. The van der Waals surface area contributed by atoms with E-state index < -0.39 is 0 Å². The fourth-order valence-electron chi connectivity index (χ4n) is 2.49. The molecule has 23 heavy (non-hydrogen) atoms. The number of fused-ring (bicyclic) bond motifs is 1. The number of H-pyrrole nitrogens is 1. The highest BCUT2D eigenvalue weighted by Crippen LogP contribution is 2.26. The standard InChI is InChI=1S/C16H10Cl2N4O/c17-12-5-4-9(7-13(12)18)6-11-14(10-2-1-3-10)21-16-19-8-20-22(16)15(11)23/h1-5,7-8H,6H2,(H,19,20,21). The third-order valence-electron chi connectivity index (χ3n) is 3.72. The molecule has 0 unspecified atom stereocenters. The SMILES string of the molecule is O=c1c(Cc2ccc(Cl)c(Cl)c2)c(C2=CC=C2)nc2nc[nH]n12. The molecule has 2 aromatic heterocycles. The molecule has 7 heteroatoms. The largest absolute Gasteiger partial charge is 0.278 e. The number of hydrogen-bond donors (Lipinski definition) is 1. The van der Waals surface area contributed by atoms with Crippen LogP contribution in [0.2, 0.25) is 10.0 Å². The maximum atomic E-state index is 12.8. The third kappa shape index (κ3) is 2.38. The van der Waals surface area contributed by atoms with Gasteiger partial charge < -0.3 is 0 Å². The van der Waals surface area contributed by atoms with Crippen molar-refractivity contribution in [1.82, 2.24) is 19.6 Å². The molecule has 0 saturated heterocycles. The van der Waals surface area contributed by atoms with Crippen LogP contribution in [-0.2, 0) is 6.42 Å². The van der Waals surface area contributed by atoms with E-state index in [2.05, 4.69) is 15.1 Å². The smallest absolute Gasteiger partial charge is 0.278 e. The number of allylic oxidation sites excluding steroid dienone is 4. The summed E-state index contributed by atoms with van der Waals surface area (Å²) in [6.45, 7) is 0. The molecule has 1 aliphatic carbocycles. The zero-order valence-electron chi connectivity index (χ0n) is 11.8. The van der Waals surface area contributed by atoms with Gasteiger partial charge >= 0.3 is 0 Å². The van der Waals surface area contributed by atoms with Gasteiger partial charge in [-0.2, -0.15) is 4.52 Å². The summed E-state index contributed by atoms with van der Waals surface area (Å²) < 4.78 is 1.33. The topological polar surface area (TPSA) is 63.0 Å². The molecule has 3 aromatic rings. The molecule has 1 aromatic carbocycles. The summed E-state index contributed by atoms with van der Waals surface area (Å²) in [7, 11) is 0. The lowest BCUT2D eigenvalue weighted by atomic mass is 9.97. The van der Waals surface area contributed by atoms with Crippen molar-refractivity contribution in [3.05, 3.63) is 80.0 Å². The van der Waals surface area contributed by atoms with E-state index in [1.54, 1.807) is 12.1 Å². The average Bonchev–Trinajstić information content (AvgIpc) is 2.93. The van der Waals surface area contributed by atoms with Crippen molar-refractivity contribution in [3.63, 3.8) is 0 Å². The monoisotopic (exact) mass is 344 g/mol. The summed E-state index contributed by atoms with van der Waals surface area (Å²) in [5.74, 6) is 0.351. The molecule has 1 aliphatic rings. The van der Waals surface area contributed by atoms with E-state index in [1.807, 2.05) is 24.3 Å². The number of benzene rings is 1. The fourth-order valence-corrected chi connectivity index (χ4v) is 2.81. The molecule has 114 valence electrons. The maximum absolute atomic E-state index is 12.8. The van der Waals surface area contributed by atoms with Crippen LogP contribution in [0.15, 0.2) is 47.5 Å². The van der Waals surface area contributed by atoms with Gasteiger partial charge in [-0.1, -0.05) is 47.5 Å². The minimum Gasteiger partial charge on any atom is -0.278 e. The lowest BCUT2D eigenvalue weighted by Gasteiger charge is -2.12. The van der Waals surface area contributed by atoms with Gasteiger partial charge in [0, 0.05) is 12.0 Å². The van der Waals surface area contributed by atoms with Crippen molar-refractivity contribution in [2.75, 3.05) is 0 Å². The van der Waals surface area contributed by atoms with Crippen molar-refractivity contribution < 1.29 is 0 Å². The van der Waals surface area contributed by atoms with E-state index in [1.165, 1.54) is 10.8 Å². The number of nitrogens with zero attached hydrogens (tertiary/aromatic N) is 3. The van der Waals surface area contributed by atoms with Crippen molar-refractivity contribution in [1.29, 1.82) is 0 Å². The second-order valence-electron chi connectivity index (χ2n) is 5.17. The Morgan fingerprint density at radius 3 is 2.74 bits per heavy atom. The number of aromatic amines is 1. The van der Waals surface area contributed by atoms with E-state index in [9.17, 15) is 4.79 Å². The first-order chi connectivity index (χ1) is 11.1. The van der Waals surface area contributed by atoms with Crippen LogP contribution in [0.3, 0.4) is 0 Å². The Kier molecular flexibility index (Phi) is 3.32.